The van der Waals surface area contributed by atoms with E-state index in [1.807, 2.05) is 4.89 Å². The number of rotatable bonds is 5. The molecule has 0 heterocycles. The quantitative estimate of drug-likeness (QED) is 0.713. The fraction of sp³-hybridized carbons (Fsp3) is 0.222. The van der Waals surface area contributed by atoms with Gasteiger partial charge in [-0.25, -0.2) is 8.42 Å². The Balaban J connectivity index is 2.93. The van der Waals surface area contributed by atoms with Gasteiger partial charge in [-0.3, -0.25) is 9.63 Å². The summed E-state index contributed by atoms with van der Waals surface area (Å²) in [4.78, 5) is 17.3. The van der Waals surface area contributed by atoms with Crippen LogP contribution in [0.4, 0.5) is 0 Å². The fourth-order valence-electron chi connectivity index (χ4n) is 0.983. The van der Waals surface area contributed by atoms with Crippen LogP contribution >= 0.6 is 0 Å². The number of amides is 1. The van der Waals surface area contributed by atoms with Crippen LogP contribution in [0.5, 0.6) is 0 Å². The van der Waals surface area contributed by atoms with Crippen molar-refractivity contribution in [1.29, 1.82) is 0 Å². The van der Waals surface area contributed by atoms with Crippen LogP contribution in [0, 0.1) is 0 Å². The summed E-state index contributed by atoms with van der Waals surface area (Å²) < 4.78 is 23.0. The summed E-state index contributed by atoms with van der Waals surface area (Å²) in [5.74, 6) is -0.610. The second-order valence-corrected chi connectivity index (χ2v) is 4.55. The summed E-state index contributed by atoms with van der Waals surface area (Å²) in [7, 11) is -3.69. The highest BCUT2D eigenvalue weighted by atomic mass is 32.2. The van der Waals surface area contributed by atoms with E-state index in [9.17, 15) is 13.2 Å². The zero-order valence-corrected chi connectivity index (χ0v) is 9.45. The molecule has 1 amide bonds. The first-order valence-corrected chi connectivity index (χ1v) is 5.99. The average molecular weight is 244 g/mol. The zero-order chi connectivity index (χ0) is 12.2. The monoisotopic (exact) mass is 244 g/mol. The zero-order valence-electron chi connectivity index (χ0n) is 8.64. The lowest BCUT2D eigenvalue weighted by atomic mass is 10.2. The van der Waals surface area contributed by atoms with Crippen molar-refractivity contribution in [1.82, 2.24) is 4.89 Å². The lowest BCUT2D eigenvalue weighted by Gasteiger charge is -2.05. The molecule has 0 atom stereocenters. The first-order valence-electron chi connectivity index (χ1n) is 4.51. The molecule has 0 aliphatic heterocycles. The molecule has 0 aliphatic carbocycles. The fourth-order valence-corrected chi connectivity index (χ4v) is 1.85. The van der Waals surface area contributed by atoms with E-state index in [4.69, 9.17) is 5.73 Å². The van der Waals surface area contributed by atoms with Crippen LogP contribution in [-0.2, 0) is 14.9 Å². The number of hydrogen-bond acceptors (Lipinski definition) is 4. The van der Waals surface area contributed by atoms with Crippen LogP contribution in [0.1, 0.15) is 17.3 Å². The van der Waals surface area contributed by atoms with E-state index in [0.717, 1.165) is 0 Å². The second-order valence-electron chi connectivity index (χ2n) is 2.91. The van der Waals surface area contributed by atoms with Gasteiger partial charge in [0.05, 0.1) is 11.5 Å². The van der Waals surface area contributed by atoms with E-state index >= 15 is 0 Å². The molecular weight excluding hydrogens is 232 g/mol. The minimum Gasteiger partial charge on any atom is -0.366 e. The molecule has 0 fully saturated rings. The first kappa shape index (κ1) is 12.6. The average Bonchev–Trinajstić information content (AvgIpc) is 2.26. The van der Waals surface area contributed by atoms with Crippen LogP contribution in [0.25, 0.3) is 0 Å². The van der Waals surface area contributed by atoms with Gasteiger partial charge in [-0.1, -0.05) is 4.89 Å². The predicted octanol–water partition coefficient (Wildman–Crippen LogP) is 0.0153. The van der Waals surface area contributed by atoms with Crippen molar-refractivity contribution in [3.8, 4) is 0 Å². The molecule has 0 radical (unpaired) electrons. The molecule has 0 saturated carbocycles. The van der Waals surface area contributed by atoms with Gasteiger partial charge in [0, 0.05) is 5.56 Å². The Labute approximate surface area is 93.4 Å². The van der Waals surface area contributed by atoms with Gasteiger partial charge in [0.15, 0.2) is 0 Å². The highest BCUT2D eigenvalue weighted by molar-refractivity contribution is 7.89. The molecule has 7 heteroatoms. The topological polar surface area (TPSA) is 98.5 Å². The Morgan fingerprint density at radius 2 is 1.94 bits per heavy atom. The van der Waals surface area contributed by atoms with Crippen LogP contribution in [0.15, 0.2) is 29.2 Å². The number of benzene rings is 1. The normalized spacial score (nSPS) is 11.3. The van der Waals surface area contributed by atoms with Crippen LogP contribution in [0.2, 0.25) is 0 Å². The van der Waals surface area contributed by atoms with Crippen LogP contribution in [0.3, 0.4) is 0 Å². The smallest absolute Gasteiger partial charge is 0.262 e. The summed E-state index contributed by atoms with van der Waals surface area (Å²) in [5, 5.41) is 0. The van der Waals surface area contributed by atoms with E-state index in [1.54, 1.807) is 6.92 Å². The van der Waals surface area contributed by atoms with E-state index in [0.29, 0.717) is 0 Å². The van der Waals surface area contributed by atoms with Gasteiger partial charge in [-0.05, 0) is 31.2 Å². The maximum Gasteiger partial charge on any atom is 0.262 e. The summed E-state index contributed by atoms with van der Waals surface area (Å²) in [6.07, 6.45) is 0. The van der Waals surface area contributed by atoms with Crippen molar-refractivity contribution in [2.45, 2.75) is 11.8 Å². The molecule has 1 aromatic rings. The third-order valence-corrected chi connectivity index (χ3v) is 2.99. The van der Waals surface area contributed by atoms with Gasteiger partial charge in [-0.15, -0.1) is 0 Å². The molecule has 6 nitrogen and oxygen atoms in total. The van der Waals surface area contributed by atoms with Crippen molar-refractivity contribution in [2.24, 2.45) is 5.73 Å². The summed E-state index contributed by atoms with van der Waals surface area (Å²) >= 11 is 0. The van der Waals surface area contributed by atoms with E-state index in [-0.39, 0.29) is 17.1 Å². The number of nitrogens with two attached hydrogens (primary N) is 1. The van der Waals surface area contributed by atoms with Gasteiger partial charge in [0.25, 0.3) is 10.0 Å². The maximum absolute atomic E-state index is 11.5. The molecular formula is C9H12N2O4S. The third kappa shape index (κ3) is 3.02. The SMILES string of the molecule is CCONS(=O)(=O)c1ccc(C(N)=O)cc1. The van der Waals surface area contributed by atoms with Crippen molar-refractivity contribution in [3.63, 3.8) is 0 Å². The lowest BCUT2D eigenvalue weighted by Crippen LogP contribution is -2.24. The summed E-state index contributed by atoms with van der Waals surface area (Å²) in [5.41, 5.74) is 5.27. The number of carbonyl (C=O) groups is 1. The first-order chi connectivity index (χ1) is 7.47. The van der Waals surface area contributed by atoms with Crippen LogP contribution < -0.4 is 10.6 Å². The minimum atomic E-state index is -3.69. The molecule has 0 bridgehead atoms. The molecule has 0 aromatic heterocycles. The molecule has 1 aromatic carbocycles. The lowest BCUT2D eigenvalue weighted by molar-refractivity contribution is 0.1000. The van der Waals surface area contributed by atoms with Gasteiger partial charge in [0.1, 0.15) is 0 Å². The molecule has 1 rings (SSSR count). The third-order valence-electron chi connectivity index (χ3n) is 1.76. The highest BCUT2D eigenvalue weighted by Gasteiger charge is 2.13. The predicted molar refractivity (Wildman–Crippen MR) is 56.9 cm³/mol. The second kappa shape index (κ2) is 5.06. The Morgan fingerprint density at radius 3 is 2.38 bits per heavy atom. The Bertz CT molecular complexity index is 467. The number of sulfonamides is 1. The Hall–Kier alpha value is -1.44. The summed E-state index contributed by atoms with van der Waals surface area (Å²) in [6, 6.07) is 5.23. The van der Waals surface area contributed by atoms with Gasteiger partial charge in [0.2, 0.25) is 5.91 Å². The largest absolute Gasteiger partial charge is 0.366 e. The number of nitrogens with one attached hydrogen (secondary N) is 1. The van der Waals surface area contributed by atoms with E-state index < -0.39 is 15.9 Å². The van der Waals surface area contributed by atoms with E-state index in [2.05, 4.69) is 4.84 Å². The van der Waals surface area contributed by atoms with Gasteiger partial charge in [-0.2, -0.15) is 0 Å². The van der Waals surface area contributed by atoms with Crippen molar-refractivity contribution in [3.05, 3.63) is 29.8 Å². The van der Waals surface area contributed by atoms with Gasteiger partial charge < -0.3 is 5.73 Å². The number of primary amides is 1. The molecule has 0 saturated heterocycles. The van der Waals surface area contributed by atoms with Crippen molar-refractivity contribution in [2.75, 3.05) is 6.61 Å². The molecule has 16 heavy (non-hydrogen) atoms. The molecule has 0 aliphatic rings. The molecule has 0 spiro atoms. The summed E-state index contributed by atoms with van der Waals surface area (Å²) in [6.45, 7) is 1.87. The standard InChI is InChI=1S/C9H12N2O4S/c1-2-15-11-16(13,14)8-5-3-7(4-6-8)9(10)12/h3-6,11H,2H2,1H3,(H2,10,12). The molecule has 3 N–H and O–H groups in total. The number of hydrogen-bond donors (Lipinski definition) is 2. The minimum absolute atomic E-state index is 0.00551. The Kier molecular flexibility index (Phi) is 3.99. The van der Waals surface area contributed by atoms with Crippen LogP contribution in [-0.4, -0.2) is 20.9 Å². The highest BCUT2D eigenvalue weighted by Crippen LogP contribution is 2.09. The number of carbonyl (C=O) groups excluding carboxylic acids is 1. The maximum atomic E-state index is 11.5. The van der Waals surface area contributed by atoms with Gasteiger partial charge >= 0.3 is 0 Å². The molecule has 0 unspecified atom stereocenters. The molecule has 88 valence electrons. The Morgan fingerprint density at radius 1 is 1.38 bits per heavy atom. The van der Waals surface area contributed by atoms with Crippen molar-refractivity contribution >= 4 is 15.9 Å². The van der Waals surface area contributed by atoms with Crippen molar-refractivity contribution < 1.29 is 18.0 Å². The van der Waals surface area contributed by atoms with E-state index in [1.165, 1.54) is 24.3 Å².